The molecule has 0 spiro atoms. The Labute approximate surface area is 221 Å². The lowest BCUT2D eigenvalue weighted by Crippen LogP contribution is -2.37. The summed E-state index contributed by atoms with van der Waals surface area (Å²) >= 11 is 6.59. The highest BCUT2D eigenvalue weighted by atomic mass is 35.5. The fourth-order valence-corrected chi connectivity index (χ4v) is 4.75. The molecule has 0 aromatic carbocycles. The van der Waals surface area contributed by atoms with Crippen LogP contribution in [-0.4, -0.2) is 39.9 Å². The van der Waals surface area contributed by atoms with Gasteiger partial charge < -0.3 is 24.3 Å². The molecule has 0 amide bonds. The molecule has 1 aliphatic rings. The molecule has 15 heteroatoms. The first kappa shape index (κ1) is 25.1. The third-order valence-corrected chi connectivity index (χ3v) is 6.94. The summed E-state index contributed by atoms with van der Waals surface area (Å²) in [5.74, 6) is -0.172. The zero-order valence-electron chi connectivity index (χ0n) is 19.9. The highest BCUT2D eigenvalue weighted by molar-refractivity contribution is 6.36. The molecule has 0 unspecified atom stereocenters. The second kappa shape index (κ2) is 8.95. The zero-order chi connectivity index (χ0) is 27.6. The summed E-state index contributed by atoms with van der Waals surface area (Å²) in [4.78, 5) is 21.6. The normalized spacial score (nSPS) is 17.5. The van der Waals surface area contributed by atoms with Gasteiger partial charge in [0.25, 0.3) is 5.56 Å². The van der Waals surface area contributed by atoms with Gasteiger partial charge in [-0.15, -0.1) is 0 Å². The number of alkyl halides is 3. The van der Waals surface area contributed by atoms with E-state index in [1.807, 2.05) is 0 Å². The van der Waals surface area contributed by atoms with Crippen LogP contribution in [0, 0.1) is 5.82 Å². The number of imidazole rings is 1. The lowest BCUT2D eigenvalue weighted by atomic mass is 9.89. The Kier molecular flexibility index (Phi) is 5.77. The number of aryl methyl sites for hydroxylation is 1. The predicted octanol–water partition coefficient (Wildman–Crippen LogP) is 4.82. The third-order valence-electron chi connectivity index (χ3n) is 6.57. The number of aromatic nitrogens is 6. The van der Waals surface area contributed by atoms with Crippen LogP contribution >= 0.6 is 11.6 Å². The zero-order valence-corrected chi connectivity index (χ0v) is 20.7. The smallest absolute Gasteiger partial charge is 0.417 e. The van der Waals surface area contributed by atoms with Crippen molar-refractivity contribution in [1.82, 2.24) is 28.7 Å². The number of anilines is 2. The van der Waals surface area contributed by atoms with E-state index in [2.05, 4.69) is 20.4 Å². The van der Waals surface area contributed by atoms with Crippen molar-refractivity contribution < 1.29 is 27.4 Å². The maximum absolute atomic E-state index is 13.7. The molecule has 0 saturated heterocycles. The van der Waals surface area contributed by atoms with Crippen LogP contribution in [0.3, 0.4) is 0 Å². The van der Waals surface area contributed by atoms with Crippen LogP contribution in [0.4, 0.5) is 29.2 Å². The molecule has 5 aromatic rings. The number of hydrogen-bond acceptors (Lipinski definition) is 7. The number of nitrogens with one attached hydrogen (secondary N) is 1. The van der Waals surface area contributed by atoms with Gasteiger partial charge in [0.2, 0.25) is 5.95 Å². The Bertz CT molecular complexity index is 1810. The van der Waals surface area contributed by atoms with Crippen molar-refractivity contribution in [2.75, 3.05) is 5.32 Å². The van der Waals surface area contributed by atoms with Gasteiger partial charge in [-0.2, -0.15) is 23.3 Å². The second-order valence-corrected chi connectivity index (χ2v) is 9.52. The van der Waals surface area contributed by atoms with Crippen molar-refractivity contribution in [3.05, 3.63) is 69.7 Å². The van der Waals surface area contributed by atoms with E-state index in [0.717, 1.165) is 10.8 Å². The fraction of sp³-hybridized carbons (Fsp3) is 0.250. The fourth-order valence-electron chi connectivity index (χ4n) is 4.45. The third kappa shape index (κ3) is 4.34. The number of fused-ring (bicyclic) bond motifs is 2. The van der Waals surface area contributed by atoms with Crippen LogP contribution in [0.5, 0.6) is 11.5 Å². The Hall–Kier alpha value is -4.17. The van der Waals surface area contributed by atoms with E-state index in [-0.39, 0.29) is 52.2 Å². The highest BCUT2D eigenvalue weighted by Gasteiger charge is 2.36. The molecule has 1 fully saturated rings. The van der Waals surface area contributed by atoms with Gasteiger partial charge in [0.15, 0.2) is 17.1 Å². The Morgan fingerprint density at radius 1 is 1.21 bits per heavy atom. The van der Waals surface area contributed by atoms with Crippen molar-refractivity contribution in [2.45, 2.75) is 31.2 Å². The highest BCUT2D eigenvalue weighted by Crippen LogP contribution is 2.38. The molecule has 10 nitrogen and oxygen atoms in total. The molecule has 1 saturated carbocycles. The van der Waals surface area contributed by atoms with Gasteiger partial charge >= 0.3 is 6.18 Å². The van der Waals surface area contributed by atoms with Gasteiger partial charge in [0.1, 0.15) is 27.6 Å². The van der Waals surface area contributed by atoms with Gasteiger partial charge in [-0.05, 0) is 25.0 Å². The van der Waals surface area contributed by atoms with E-state index < -0.39 is 35.3 Å². The molecule has 0 bridgehead atoms. The summed E-state index contributed by atoms with van der Waals surface area (Å²) < 4.78 is 64.2. The average molecular weight is 564 g/mol. The van der Waals surface area contributed by atoms with Crippen LogP contribution in [0.15, 0.2) is 47.8 Å². The number of pyridine rings is 3. The number of aliphatic hydroxyl groups excluding tert-OH is 1. The SMILES string of the molecule is Cn1c(Nc2cc(C(F)(F)F)cn(C3CC(O)C3)c2=O)nc2ncc(Oc3cnn4ccc(F)cc34)c(Cl)c21. The Morgan fingerprint density at radius 3 is 2.69 bits per heavy atom. The van der Waals surface area contributed by atoms with Crippen molar-refractivity contribution in [3.63, 3.8) is 0 Å². The lowest BCUT2D eigenvalue weighted by Gasteiger charge is -2.33. The minimum Gasteiger partial charge on any atom is -0.450 e. The van der Waals surface area contributed by atoms with Crippen LogP contribution in [0.2, 0.25) is 5.02 Å². The van der Waals surface area contributed by atoms with E-state index in [9.17, 15) is 27.5 Å². The van der Waals surface area contributed by atoms with Crippen LogP contribution in [0.1, 0.15) is 24.4 Å². The molecule has 0 aliphatic heterocycles. The molecule has 1 aliphatic carbocycles. The average Bonchev–Trinajstić information content (AvgIpc) is 3.40. The maximum Gasteiger partial charge on any atom is 0.417 e. The lowest BCUT2D eigenvalue weighted by molar-refractivity contribution is -0.138. The summed E-state index contributed by atoms with van der Waals surface area (Å²) in [6, 6.07) is 2.63. The summed E-state index contributed by atoms with van der Waals surface area (Å²) in [6.07, 6.45) is -0.171. The first-order valence-corrected chi connectivity index (χ1v) is 12.0. The Balaban J connectivity index is 1.38. The van der Waals surface area contributed by atoms with E-state index in [4.69, 9.17) is 16.3 Å². The van der Waals surface area contributed by atoms with E-state index >= 15 is 0 Å². The molecule has 202 valence electrons. The van der Waals surface area contributed by atoms with Crippen molar-refractivity contribution in [2.24, 2.45) is 7.05 Å². The number of hydrogen-bond donors (Lipinski definition) is 2. The quantitative estimate of drug-likeness (QED) is 0.295. The molecule has 39 heavy (non-hydrogen) atoms. The topological polar surface area (TPSA) is 112 Å². The van der Waals surface area contributed by atoms with Gasteiger partial charge in [0, 0.05) is 31.5 Å². The first-order valence-electron chi connectivity index (χ1n) is 11.6. The number of ether oxygens (including phenoxy) is 1. The number of nitrogens with zero attached hydrogens (tertiary/aromatic N) is 6. The van der Waals surface area contributed by atoms with Gasteiger partial charge in [-0.25, -0.2) is 13.9 Å². The molecule has 6 rings (SSSR count). The minimum absolute atomic E-state index is 0.00576. The monoisotopic (exact) mass is 563 g/mol. The van der Waals surface area contributed by atoms with Gasteiger partial charge in [-0.3, -0.25) is 4.79 Å². The maximum atomic E-state index is 13.7. The minimum atomic E-state index is -4.71. The van der Waals surface area contributed by atoms with Crippen LogP contribution < -0.4 is 15.6 Å². The largest absolute Gasteiger partial charge is 0.450 e. The molecule has 5 aromatic heterocycles. The Morgan fingerprint density at radius 2 is 1.97 bits per heavy atom. The summed E-state index contributed by atoms with van der Waals surface area (Å²) in [6.45, 7) is 0. The summed E-state index contributed by atoms with van der Waals surface area (Å²) in [5, 5.41) is 16.4. The molecule has 5 heterocycles. The van der Waals surface area contributed by atoms with Crippen molar-refractivity contribution in [1.29, 1.82) is 0 Å². The van der Waals surface area contributed by atoms with E-state index in [0.29, 0.717) is 11.6 Å². The molecule has 2 N–H and O–H groups in total. The van der Waals surface area contributed by atoms with E-state index in [1.165, 1.54) is 46.9 Å². The van der Waals surface area contributed by atoms with Crippen molar-refractivity contribution >= 4 is 39.9 Å². The molecule has 0 atom stereocenters. The number of aliphatic hydroxyl groups is 1. The molecular weight excluding hydrogens is 546 g/mol. The number of rotatable bonds is 5. The van der Waals surface area contributed by atoms with Crippen LogP contribution in [0.25, 0.3) is 16.7 Å². The molecular formula is C24H18ClF4N7O3. The standard InChI is InChI=1S/C24H18ClF4N7O3/c1-34-20-19(25)18(39-17-9-31-36-3-2-12(26)5-16(17)36)8-30-21(20)33-23(34)32-15-4-11(24(27,28)29)10-35(22(15)38)13-6-14(37)7-13/h2-5,8-10,13-14,37H,6-7H2,1H3,(H,30,32,33). The summed E-state index contributed by atoms with van der Waals surface area (Å²) in [7, 11) is 1.54. The summed E-state index contributed by atoms with van der Waals surface area (Å²) in [5.41, 5.74) is -1.33. The first-order chi connectivity index (χ1) is 18.5. The van der Waals surface area contributed by atoms with E-state index in [1.54, 1.807) is 0 Å². The van der Waals surface area contributed by atoms with Gasteiger partial charge in [0.05, 0.1) is 24.1 Å². The molecule has 0 radical (unpaired) electrons. The van der Waals surface area contributed by atoms with Gasteiger partial charge in [-0.1, -0.05) is 11.6 Å². The number of halogens is 5. The van der Waals surface area contributed by atoms with Crippen LogP contribution in [-0.2, 0) is 13.2 Å². The second-order valence-electron chi connectivity index (χ2n) is 9.15. The van der Waals surface area contributed by atoms with Crippen molar-refractivity contribution in [3.8, 4) is 11.5 Å². The predicted molar refractivity (Wildman–Crippen MR) is 132 cm³/mol.